The zero-order chi connectivity index (χ0) is 14.9. The van der Waals surface area contributed by atoms with Crippen LogP contribution in [0.25, 0.3) is 0 Å². The van der Waals surface area contributed by atoms with E-state index in [-0.39, 0.29) is 0 Å². The number of hydrogen-bond donors (Lipinski definition) is 1. The second-order valence-electron chi connectivity index (χ2n) is 4.20. The molecule has 0 aliphatic carbocycles. The van der Waals surface area contributed by atoms with Crippen LogP contribution in [0.3, 0.4) is 0 Å². The van der Waals surface area contributed by atoms with Crippen LogP contribution in [0.5, 0.6) is 11.5 Å². The molecule has 0 saturated heterocycles. The van der Waals surface area contributed by atoms with Gasteiger partial charge in [-0.05, 0) is 30.0 Å². The predicted molar refractivity (Wildman–Crippen MR) is 82.7 cm³/mol. The van der Waals surface area contributed by atoms with Gasteiger partial charge in [0.25, 0.3) is 0 Å². The van der Waals surface area contributed by atoms with Gasteiger partial charge in [-0.15, -0.1) is 11.3 Å². The summed E-state index contributed by atoms with van der Waals surface area (Å²) in [7, 11) is 3.02. The van der Waals surface area contributed by atoms with Crippen molar-refractivity contribution in [1.82, 2.24) is 0 Å². The Morgan fingerprint density at radius 1 is 1.15 bits per heavy atom. The van der Waals surface area contributed by atoms with Crippen molar-refractivity contribution in [3.63, 3.8) is 0 Å². The molecule has 1 aromatic heterocycles. The van der Waals surface area contributed by atoms with Crippen molar-refractivity contribution in [2.24, 2.45) is 0 Å². The van der Waals surface area contributed by atoms with Gasteiger partial charge in [0.15, 0.2) is 0 Å². The minimum absolute atomic E-state index is 0.330. The predicted octanol–water partition coefficient (Wildman–Crippen LogP) is 4.46. The van der Waals surface area contributed by atoms with E-state index in [9.17, 15) is 5.11 Å². The number of rotatable bonds is 4. The Labute approximate surface area is 131 Å². The number of aliphatic hydroxyl groups is 1. The Bertz CT molecular complexity index is 625. The van der Waals surface area contributed by atoms with E-state index in [1.54, 1.807) is 12.1 Å². The van der Waals surface area contributed by atoms with E-state index in [1.807, 2.05) is 12.3 Å². The average Bonchev–Trinajstić information content (AvgIpc) is 2.78. The van der Waals surface area contributed by atoms with Crippen molar-refractivity contribution in [1.29, 1.82) is 0 Å². The molecule has 0 amide bonds. The first-order valence-electron chi connectivity index (χ1n) is 5.83. The fourth-order valence-electron chi connectivity index (χ4n) is 1.91. The van der Waals surface area contributed by atoms with E-state index < -0.39 is 6.10 Å². The maximum Gasteiger partial charge on any atom is 0.147 e. The van der Waals surface area contributed by atoms with Crippen LogP contribution >= 0.6 is 34.5 Å². The van der Waals surface area contributed by atoms with Gasteiger partial charge in [0.2, 0.25) is 0 Å². The van der Waals surface area contributed by atoms with E-state index >= 15 is 0 Å². The van der Waals surface area contributed by atoms with Crippen molar-refractivity contribution in [3.05, 3.63) is 43.6 Å². The van der Waals surface area contributed by atoms with Crippen LogP contribution in [-0.2, 0) is 0 Å². The third-order valence-corrected chi connectivity index (χ3v) is 5.11. The summed E-state index contributed by atoms with van der Waals surface area (Å²) >= 11 is 13.8. The lowest BCUT2D eigenvalue weighted by Crippen LogP contribution is -2.02. The molecule has 108 valence electrons. The first-order chi connectivity index (χ1) is 9.51. The largest absolute Gasteiger partial charge is 0.495 e. The second-order valence-corrected chi connectivity index (χ2v) is 5.87. The van der Waals surface area contributed by atoms with Crippen LogP contribution in [0.1, 0.15) is 22.1 Å². The summed E-state index contributed by atoms with van der Waals surface area (Å²) in [5.74, 6) is 0.883. The summed E-state index contributed by atoms with van der Waals surface area (Å²) in [6, 6.07) is 3.41. The first kappa shape index (κ1) is 15.4. The molecule has 3 nitrogen and oxygen atoms in total. The van der Waals surface area contributed by atoms with E-state index in [2.05, 4.69) is 0 Å². The SMILES string of the molecule is COc1ccc(C(O)c2scc(C)c2Cl)c(OC)c1Cl. The monoisotopic (exact) mass is 332 g/mol. The smallest absolute Gasteiger partial charge is 0.147 e. The fraction of sp³-hybridized carbons (Fsp3) is 0.286. The summed E-state index contributed by atoms with van der Waals surface area (Å²) in [6.07, 6.45) is -0.889. The summed E-state index contributed by atoms with van der Waals surface area (Å²) in [5, 5.41) is 13.3. The van der Waals surface area contributed by atoms with Crippen LogP contribution in [-0.4, -0.2) is 19.3 Å². The third kappa shape index (κ3) is 2.61. The zero-order valence-corrected chi connectivity index (χ0v) is 13.6. The molecule has 0 radical (unpaired) electrons. The standard InChI is InChI=1S/C14H14Cl2O3S/c1-7-6-20-14(10(7)15)12(17)8-4-5-9(18-2)11(16)13(8)19-3/h4-6,12,17H,1-3H3. The number of halogens is 2. The molecule has 1 N–H and O–H groups in total. The van der Waals surface area contributed by atoms with Gasteiger partial charge in [-0.1, -0.05) is 23.2 Å². The van der Waals surface area contributed by atoms with Gasteiger partial charge < -0.3 is 14.6 Å². The van der Waals surface area contributed by atoms with Crippen LogP contribution in [0.15, 0.2) is 17.5 Å². The van der Waals surface area contributed by atoms with Gasteiger partial charge >= 0.3 is 0 Å². The van der Waals surface area contributed by atoms with Gasteiger partial charge in [-0.25, -0.2) is 0 Å². The van der Waals surface area contributed by atoms with Crippen LogP contribution in [0.2, 0.25) is 10.0 Å². The third-order valence-electron chi connectivity index (χ3n) is 2.98. The molecule has 0 fully saturated rings. The molecule has 20 heavy (non-hydrogen) atoms. The number of methoxy groups -OCH3 is 2. The highest BCUT2D eigenvalue weighted by Crippen LogP contribution is 2.43. The number of benzene rings is 1. The summed E-state index contributed by atoms with van der Waals surface area (Å²) in [6.45, 7) is 1.90. The number of aryl methyl sites for hydroxylation is 1. The summed E-state index contributed by atoms with van der Waals surface area (Å²) < 4.78 is 10.4. The normalized spacial score (nSPS) is 12.3. The molecule has 1 heterocycles. The molecule has 1 atom stereocenters. The van der Waals surface area contributed by atoms with E-state index in [4.69, 9.17) is 32.7 Å². The van der Waals surface area contributed by atoms with Gasteiger partial charge in [-0.2, -0.15) is 0 Å². The number of ether oxygens (including phenoxy) is 2. The van der Waals surface area contributed by atoms with Crippen molar-refractivity contribution in [3.8, 4) is 11.5 Å². The highest BCUT2D eigenvalue weighted by molar-refractivity contribution is 7.10. The summed E-state index contributed by atoms with van der Waals surface area (Å²) in [5.41, 5.74) is 1.49. The van der Waals surface area contributed by atoms with Crippen LogP contribution in [0.4, 0.5) is 0 Å². The molecular weight excluding hydrogens is 319 g/mol. The van der Waals surface area contributed by atoms with E-state index in [0.29, 0.717) is 32.0 Å². The molecule has 1 aromatic carbocycles. The van der Waals surface area contributed by atoms with Crippen molar-refractivity contribution < 1.29 is 14.6 Å². The highest BCUT2D eigenvalue weighted by atomic mass is 35.5. The lowest BCUT2D eigenvalue weighted by molar-refractivity contribution is 0.218. The maximum atomic E-state index is 10.5. The molecule has 1 unspecified atom stereocenters. The molecule has 0 bridgehead atoms. The molecule has 6 heteroatoms. The van der Waals surface area contributed by atoms with E-state index in [1.165, 1.54) is 25.6 Å². The Morgan fingerprint density at radius 2 is 1.85 bits per heavy atom. The fourth-order valence-corrected chi connectivity index (χ4v) is 3.53. The Hall–Kier alpha value is -0.940. The first-order valence-corrected chi connectivity index (χ1v) is 7.46. The quantitative estimate of drug-likeness (QED) is 0.898. The molecular formula is C14H14Cl2O3S. The molecule has 2 rings (SSSR count). The Kier molecular flexibility index (Phi) is 4.81. The molecule has 0 aliphatic heterocycles. The van der Waals surface area contributed by atoms with Gasteiger partial charge in [0, 0.05) is 5.56 Å². The summed E-state index contributed by atoms with van der Waals surface area (Å²) in [4.78, 5) is 0.670. The Morgan fingerprint density at radius 3 is 2.35 bits per heavy atom. The zero-order valence-electron chi connectivity index (χ0n) is 11.2. The highest BCUT2D eigenvalue weighted by Gasteiger charge is 2.23. The minimum Gasteiger partial charge on any atom is -0.495 e. The van der Waals surface area contributed by atoms with Crippen LogP contribution < -0.4 is 9.47 Å². The Balaban J connectivity index is 2.52. The van der Waals surface area contributed by atoms with Crippen molar-refractivity contribution in [2.45, 2.75) is 13.0 Å². The number of hydrogen-bond acceptors (Lipinski definition) is 4. The van der Waals surface area contributed by atoms with Crippen LogP contribution in [0, 0.1) is 6.92 Å². The topological polar surface area (TPSA) is 38.7 Å². The molecule has 0 spiro atoms. The van der Waals surface area contributed by atoms with E-state index in [0.717, 1.165) is 5.56 Å². The molecule has 0 saturated carbocycles. The lowest BCUT2D eigenvalue weighted by atomic mass is 10.1. The number of thiophene rings is 1. The molecule has 2 aromatic rings. The van der Waals surface area contributed by atoms with Crippen molar-refractivity contribution in [2.75, 3.05) is 14.2 Å². The lowest BCUT2D eigenvalue weighted by Gasteiger charge is -2.17. The molecule has 0 aliphatic rings. The maximum absolute atomic E-state index is 10.5. The average molecular weight is 333 g/mol. The van der Waals surface area contributed by atoms with Gasteiger partial charge in [0.1, 0.15) is 22.6 Å². The minimum atomic E-state index is -0.889. The second kappa shape index (κ2) is 6.22. The van der Waals surface area contributed by atoms with Crippen molar-refractivity contribution >= 4 is 34.5 Å². The van der Waals surface area contributed by atoms with Gasteiger partial charge in [0.05, 0.1) is 24.1 Å². The van der Waals surface area contributed by atoms with Gasteiger partial charge in [-0.3, -0.25) is 0 Å². The number of aliphatic hydroxyl groups excluding tert-OH is 1.